The van der Waals surface area contributed by atoms with E-state index >= 15 is 0 Å². The molecule has 0 saturated heterocycles. The molecule has 0 aromatic heterocycles. The van der Waals surface area contributed by atoms with Gasteiger partial charge in [0.1, 0.15) is 5.75 Å². The fourth-order valence-electron chi connectivity index (χ4n) is 1.31. The third kappa shape index (κ3) is 4.69. The standard InChI is InChI=1S/C12H16Br2N2O/c1-16-8-11(14)12(15)9-2-4-10(5-3-9)17-7-6-13/h2-5,8,12,16H,6-7,15H2,1H3/b11-8+. The first-order chi connectivity index (χ1) is 8.19. The molecule has 0 fully saturated rings. The van der Waals surface area contributed by atoms with Gasteiger partial charge in [0.2, 0.25) is 0 Å². The number of halogens is 2. The van der Waals surface area contributed by atoms with E-state index in [9.17, 15) is 0 Å². The van der Waals surface area contributed by atoms with Gasteiger partial charge in [-0.2, -0.15) is 0 Å². The van der Waals surface area contributed by atoms with Crippen LogP contribution in [0.1, 0.15) is 11.6 Å². The Morgan fingerprint density at radius 3 is 2.65 bits per heavy atom. The minimum absolute atomic E-state index is 0.160. The topological polar surface area (TPSA) is 47.3 Å². The van der Waals surface area contributed by atoms with Crippen LogP contribution in [0, 0.1) is 0 Å². The first kappa shape index (κ1) is 14.5. The Labute approximate surface area is 119 Å². The molecule has 17 heavy (non-hydrogen) atoms. The molecule has 0 radical (unpaired) electrons. The van der Waals surface area contributed by atoms with E-state index in [4.69, 9.17) is 10.5 Å². The molecule has 0 bridgehead atoms. The van der Waals surface area contributed by atoms with Crippen LogP contribution in [-0.4, -0.2) is 19.0 Å². The number of alkyl halides is 1. The van der Waals surface area contributed by atoms with Crippen LogP contribution in [0.3, 0.4) is 0 Å². The Balaban J connectivity index is 2.70. The summed E-state index contributed by atoms with van der Waals surface area (Å²) in [7, 11) is 1.84. The predicted molar refractivity (Wildman–Crippen MR) is 78.7 cm³/mol. The SMILES string of the molecule is CN/C=C(/Br)C(N)c1ccc(OCCBr)cc1. The summed E-state index contributed by atoms with van der Waals surface area (Å²) in [5.74, 6) is 0.856. The molecular formula is C12H16Br2N2O. The molecule has 0 aliphatic rings. The number of nitrogens with two attached hydrogens (primary N) is 1. The summed E-state index contributed by atoms with van der Waals surface area (Å²) < 4.78 is 6.38. The van der Waals surface area contributed by atoms with E-state index in [1.54, 1.807) is 0 Å². The average molecular weight is 364 g/mol. The second kappa shape index (κ2) is 7.74. The van der Waals surface area contributed by atoms with E-state index in [2.05, 4.69) is 37.2 Å². The van der Waals surface area contributed by atoms with Gasteiger partial charge < -0.3 is 15.8 Å². The van der Waals surface area contributed by atoms with Crippen molar-refractivity contribution >= 4 is 31.9 Å². The maximum atomic E-state index is 6.07. The summed E-state index contributed by atoms with van der Waals surface area (Å²) in [5.41, 5.74) is 7.11. The van der Waals surface area contributed by atoms with Gasteiger partial charge in [0, 0.05) is 23.1 Å². The highest BCUT2D eigenvalue weighted by molar-refractivity contribution is 9.11. The smallest absolute Gasteiger partial charge is 0.119 e. The number of nitrogens with one attached hydrogen (secondary N) is 1. The molecule has 0 amide bonds. The Morgan fingerprint density at radius 2 is 2.12 bits per heavy atom. The van der Waals surface area contributed by atoms with E-state index in [1.807, 2.05) is 37.5 Å². The maximum Gasteiger partial charge on any atom is 0.119 e. The first-order valence-electron chi connectivity index (χ1n) is 5.26. The zero-order valence-corrected chi connectivity index (χ0v) is 12.8. The minimum atomic E-state index is -0.160. The van der Waals surface area contributed by atoms with Crippen molar-refractivity contribution < 1.29 is 4.74 Å². The van der Waals surface area contributed by atoms with Gasteiger partial charge >= 0.3 is 0 Å². The van der Waals surface area contributed by atoms with Crippen LogP contribution in [0.5, 0.6) is 5.75 Å². The van der Waals surface area contributed by atoms with Gasteiger partial charge in [0.25, 0.3) is 0 Å². The molecule has 1 atom stereocenters. The summed E-state index contributed by atoms with van der Waals surface area (Å²) >= 11 is 6.75. The largest absolute Gasteiger partial charge is 0.493 e. The molecule has 0 heterocycles. The van der Waals surface area contributed by atoms with Crippen LogP contribution in [0.2, 0.25) is 0 Å². The normalized spacial score (nSPS) is 13.3. The van der Waals surface area contributed by atoms with E-state index in [0.29, 0.717) is 6.61 Å². The molecule has 5 heteroatoms. The highest BCUT2D eigenvalue weighted by atomic mass is 79.9. The monoisotopic (exact) mass is 362 g/mol. The van der Waals surface area contributed by atoms with Gasteiger partial charge in [-0.25, -0.2) is 0 Å². The van der Waals surface area contributed by atoms with Crippen molar-refractivity contribution in [2.75, 3.05) is 19.0 Å². The van der Waals surface area contributed by atoms with Crippen molar-refractivity contribution in [2.24, 2.45) is 5.73 Å². The Kier molecular flexibility index (Phi) is 6.62. The lowest BCUT2D eigenvalue weighted by Gasteiger charge is -2.12. The summed E-state index contributed by atoms with van der Waals surface area (Å²) in [5, 5.41) is 3.76. The van der Waals surface area contributed by atoms with E-state index < -0.39 is 0 Å². The molecular weight excluding hydrogens is 348 g/mol. The Bertz CT molecular complexity index is 365. The maximum absolute atomic E-state index is 6.07. The van der Waals surface area contributed by atoms with E-state index in [-0.39, 0.29) is 6.04 Å². The highest BCUT2D eigenvalue weighted by Gasteiger charge is 2.09. The van der Waals surface area contributed by atoms with Crippen LogP contribution in [0.4, 0.5) is 0 Å². The number of rotatable bonds is 6. The van der Waals surface area contributed by atoms with E-state index in [0.717, 1.165) is 21.1 Å². The first-order valence-corrected chi connectivity index (χ1v) is 7.17. The molecule has 1 aromatic rings. The van der Waals surface area contributed by atoms with Crippen molar-refractivity contribution in [3.8, 4) is 5.75 Å². The van der Waals surface area contributed by atoms with Crippen molar-refractivity contribution in [3.63, 3.8) is 0 Å². The summed E-state index contributed by atoms with van der Waals surface area (Å²) in [6.45, 7) is 0.661. The lowest BCUT2D eigenvalue weighted by molar-refractivity contribution is 0.345. The molecule has 0 aliphatic carbocycles. The van der Waals surface area contributed by atoms with Gasteiger partial charge in [-0.1, -0.05) is 44.0 Å². The molecule has 1 rings (SSSR count). The van der Waals surface area contributed by atoms with E-state index in [1.165, 1.54) is 0 Å². The van der Waals surface area contributed by atoms with Crippen molar-refractivity contribution in [2.45, 2.75) is 6.04 Å². The second-order valence-corrected chi connectivity index (χ2v) is 5.11. The number of ether oxygens (including phenoxy) is 1. The third-order valence-electron chi connectivity index (χ3n) is 2.16. The fourth-order valence-corrected chi connectivity index (χ4v) is 1.97. The number of hydrogen-bond donors (Lipinski definition) is 2. The van der Waals surface area contributed by atoms with Crippen LogP contribution < -0.4 is 15.8 Å². The van der Waals surface area contributed by atoms with Crippen LogP contribution >= 0.6 is 31.9 Å². The highest BCUT2D eigenvalue weighted by Crippen LogP contribution is 2.24. The fraction of sp³-hybridized carbons (Fsp3) is 0.333. The number of benzene rings is 1. The Hall–Kier alpha value is -0.520. The molecule has 94 valence electrons. The zero-order valence-electron chi connectivity index (χ0n) is 9.62. The van der Waals surface area contributed by atoms with Crippen LogP contribution in [0.15, 0.2) is 34.9 Å². The summed E-state index contributed by atoms with van der Waals surface area (Å²) in [4.78, 5) is 0. The average Bonchev–Trinajstić information content (AvgIpc) is 2.36. The van der Waals surface area contributed by atoms with Crippen molar-refractivity contribution in [3.05, 3.63) is 40.5 Å². The molecule has 0 aliphatic heterocycles. The quantitative estimate of drug-likeness (QED) is 0.764. The van der Waals surface area contributed by atoms with Gasteiger partial charge in [-0.3, -0.25) is 0 Å². The Morgan fingerprint density at radius 1 is 1.47 bits per heavy atom. The predicted octanol–water partition coefficient (Wildman–Crippen LogP) is 2.92. The third-order valence-corrected chi connectivity index (χ3v) is 3.21. The summed E-state index contributed by atoms with van der Waals surface area (Å²) in [6, 6.07) is 7.64. The van der Waals surface area contributed by atoms with Gasteiger partial charge in [-0.05, 0) is 17.7 Å². The molecule has 0 saturated carbocycles. The molecule has 1 unspecified atom stereocenters. The molecule has 3 nitrogen and oxygen atoms in total. The lowest BCUT2D eigenvalue weighted by Crippen LogP contribution is -2.12. The van der Waals surface area contributed by atoms with Crippen molar-refractivity contribution in [1.29, 1.82) is 0 Å². The minimum Gasteiger partial charge on any atom is -0.493 e. The zero-order chi connectivity index (χ0) is 12.7. The van der Waals surface area contributed by atoms with Crippen LogP contribution in [0.25, 0.3) is 0 Å². The lowest BCUT2D eigenvalue weighted by atomic mass is 10.1. The van der Waals surface area contributed by atoms with Crippen molar-refractivity contribution in [1.82, 2.24) is 5.32 Å². The second-order valence-electron chi connectivity index (χ2n) is 3.40. The van der Waals surface area contributed by atoms with Gasteiger partial charge in [0.05, 0.1) is 12.6 Å². The summed E-state index contributed by atoms with van der Waals surface area (Å²) in [6.07, 6.45) is 1.83. The molecule has 1 aromatic carbocycles. The molecule has 3 N–H and O–H groups in total. The number of hydrogen-bond acceptors (Lipinski definition) is 3. The van der Waals surface area contributed by atoms with Gasteiger partial charge in [0.15, 0.2) is 0 Å². The van der Waals surface area contributed by atoms with Gasteiger partial charge in [-0.15, -0.1) is 0 Å². The van der Waals surface area contributed by atoms with Crippen LogP contribution in [-0.2, 0) is 0 Å². The molecule has 0 spiro atoms.